The molecular formula is C20H21N3O3. The van der Waals surface area contributed by atoms with Crippen molar-refractivity contribution < 1.29 is 14.6 Å². The zero-order valence-corrected chi connectivity index (χ0v) is 14.8. The number of rotatable bonds is 7. The van der Waals surface area contributed by atoms with Crippen LogP contribution in [0.15, 0.2) is 54.6 Å². The van der Waals surface area contributed by atoms with Gasteiger partial charge in [-0.25, -0.2) is 0 Å². The monoisotopic (exact) mass is 351 g/mol. The number of methoxy groups -OCH3 is 2. The molecule has 0 aliphatic rings. The van der Waals surface area contributed by atoms with E-state index < -0.39 is 0 Å². The fourth-order valence-electron chi connectivity index (χ4n) is 2.51. The summed E-state index contributed by atoms with van der Waals surface area (Å²) in [6, 6.07) is 17.0. The molecule has 6 heteroatoms. The van der Waals surface area contributed by atoms with Gasteiger partial charge in [-0.15, -0.1) is 0 Å². The van der Waals surface area contributed by atoms with Crippen LogP contribution in [-0.2, 0) is 6.42 Å². The molecule has 0 bridgehead atoms. The number of nitrogens with one attached hydrogen (secondary N) is 1. The van der Waals surface area contributed by atoms with Crippen molar-refractivity contribution in [3.05, 3.63) is 60.2 Å². The Morgan fingerprint density at radius 1 is 0.923 bits per heavy atom. The molecule has 26 heavy (non-hydrogen) atoms. The summed E-state index contributed by atoms with van der Waals surface area (Å²) < 4.78 is 10.4. The summed E-state index contributed by atoms with van der Waals surface area (Å²) >= 11 is 0. The summed E-state index contributed by atoms with van der Waals surface area (Å²) in [4.78, 5) is 8.71. The lowest BCUT2D eigenvalue weighted by molar-refractivity contribution is 0.381. The molecule has 3 rings (SSSR count). The van der Waals surface area contributed by atoms with E-state index in [9.17, 15) is 5.11 Å². The van der Waals surface area contributed by atoms with Gasteiger partial charge in [-0.1, -0.05) is 12.1 Å². The minimum absolute atomic E-state index is 0.215. The second kappa shape index (κ2) is 8.20. The number of ether oxygens (including phenoxy) is 2. The van der Waals surface area contributed by atoms with Crippen LogP contribution in [0.5, 0.6) is 17.5 Å². The predicted molar refractivity (Wildman–Crippen MR) is 101 cm³/mol. The van der Waals surface area contributed by atoms with Crippen molar-refractivity contribution in [1.29, 1.82) is 0 Å². The van der Waals surface area contributed by atoms with Crippen molar-refractivity contribution in [2.45, 2.75) is 6.42 Å². The number of hydrogen-bond acceptors (Lipinski definition) is 6. The standard InChI is InChI=1S/C20H21N3O3/c1-25-17-9-3-14(4-10-17)11-12-21-19-13-18(22-20(23-19)26-2)15-5-7-16(24)8-6-15/h3-10,13,24H,11-12H2,1-2H3,(H,21,22,23). The van der Waals surface area contributed by atoms with E-state index in [0.717, 1.165) is 30.0 Å². The van der Waals surface area contributed by atoms with E-state index in [2.05, 4.69) is 15.3 Å². The van der Waals surface area contributed by atoms with Crippen LogP contribution in [0.1, 0.15) is 5.56 Å². The van der Waals surface area contributed by atoms with E-state index >= 15 is 0 Å². The molecule has 1 heterocycles. The van der Waals surface area contributed by atoms with E-state index in [1.165, 1.54) is 12.7 Å². The third-order valence-electron chi connectivity index (χ3n) is 3.93. The molecule has 6 nitrogen and oxygen atoms in total. The van der Waals surface area contributed by atoms with Crippen LogP contribution in [0.4, 0.5) is 5.82 Å². The molecular weight excluding hydrogens is 330 g/mol. The Morgan fingerprint density at radius 3 is 2.31 bits per heavy atom. The predicted octanol–water partition coefficient (Wildman–Crippen LogP) is 3.52. The Kier molecular flexibility index (Phi) is 5.53. The van der Waals surface area contributed by atoms with Gasteiger partial charge in [0.25, 0.3) is 0 Å². The molecule has 0 aliphatic carbocycles. The Bertz CT molecular complexity index is 849. The van der Waals surface area contributed by atoms with Gasteiger partial charge in [-0.2, -0.15) is 9.97 Å². The molecule has 0 amide bonds. The summed E-state index contributed by atoms with van der Waals surface area (Å²) in [5.74, 6) is 1.75. The van der Waals surface area contributed by atoms with Gasteiger partial charge in [0.05, 0.1) is 19.9 Å². The number of aromatic hydroxyl groups is 1. The molecule has 0 atom stereocenters. The molecule has 1 aromatic heterocycles. The Hall–Kier alpha value is -3.28. The first-order valence-corrected chi connectivity index (χ1v) is 8.27. The van der Waals surface area contributed by atoms with Crippen molar-refractivity contribution in [1.82, 2.24) is 9.97 Å². The Balaban J connectivity index is 1.70. The minimum Gasteiger partial charge on any atom is -0.508 e. The summed E-state index contributed by atoms with van der Waals surface area (Å²) in [6.45, 7) is 0.724. The lowest BCUT2D eigenvalue weighted by Gasteiger charge is -2.10. The Morgan fingerprint density at radius 2 is 1.65 bits per heavy atom. The number of aromatic nitrogens is 2. The van der Waals surface area contributed by atoms with Crippen LogP contribution in [0.2, 0.25) is 0 Å². The first kappa shape index (κ1) is 17.5. The first-order chi connectivity index (χ1) is 12.7. The number of phenolic OH excluding ortho intramolecular Hbond substituents is 1. The van der Waals surface area contributed by atoms with E-state index in [-0.39, 0.29) is 5.75 Å². The van der Waals surface area contributed by atoms with E-state index in [1.807, 2.05) is 30.3 Å². The second-order valence-corrected chi connectivity index (χ2v) is 5.70. The van der Waals surface area contributed by atoms with Crippen molar-refractivity contribution in [2.24, 2.45) is 0 Å². The zero-order valence-electron chi connectivity index (χ0n) is 14.8. The maximum absolute atomic E-state index is 9.44. The molecule has 0 aliphatic heterocycles. The fourth-order valence-corrected chi connectivity index (χ4v) is 2.51. The van der Waals surface area contributed by atoms with Crippen LogP contribution in [-0.4, -0.2) is 35.8 Å². The Labute approximate surface area is 152 Å². The van der Waals surface area contributed by atoms with Gasteiger partial charge >= 0.3 is 6.01 Å². The molecule has 0 saturated carbocycles. The molecule has 0 radical (unpaired) electrons. The van der Waals surface area contributed by atoms with Gasteiger partial charge < -0.3 is 19.9 Å². The lowest BCUT2D eigenvalue weighted by Crippen LogP contribution is -2.08. The third-order valence-corrected chi connectivity index (χ3v) is 3.93. The van der Waals surface area contributed by atoms with Crippen LogP contribution < -0.4 is 14.8 Å². The van der Waals surface area contributed by atoms with Crippen molar-refractivity contribution in [3.63, 3.8) is 0 Å². The van der Waals surface area contributed by atoms with E-state index in [0.29, 0.717) is 11.8 Å². The second-order valence-electron chi connectivity index (χ2n) is 5.70. The molecule has 134 valence electrons. The zero-order chi connectivity index (χ0) is 18.4. The molecule has 2 aromatic carbocycles. The summed E-state index contributed by atoms with van der Waals surface area (Å²) in [7, 11) is 3.20. The van der Waals surface area contributed by atoms with Crippen LogP contribution in [0.25, 0.3) is 11.3 Å². The number of benzene rings is 2. The van der Waals surface area contributed by atoms with Gasteiger partial charge in [-0.05, 0) is 48.4 Å². The maximum Gasteiger partial charge on any atom is 0.318 e. The summed E-state index contributed by atoms with van der Waals surface area (Å²) in [5, 5.41) is 12.7. The highest BCUT2D eigenvalue weighted by Gasteiger charge is 2.07. The highest BCUT2D eigenvalue weighted by atomic mass is 16.5. The smallest absolute Gasteiger partial charge is 0.318 e. The molecule has 3 aromatic rings. The van der Waals surface area contributed by atoms with Gasteiger partial charge in [0.15, 0.2) is 0 Å². The van der Waals surface area contributed by atoms with E-state index in [1.54, 1.807) is 31.4 Å². The van der Waals surface area contributed by atoms with Crippen molar-refractivity contribution in [3.8, 4) is 28.8 Å². The van der Waals surface area contributed by atoms with Gasteiger partial charge in [0.2, 0.25) is 0 Å². The lowest BCUT2D eigenvalue weighted by atomic mass is 10.1. The number of phenols is 1. The molecule has 0 unspecified atom stereocenters. The number of hydrogen-bond donors (Lipinski definition) is 2. The fraction of sp³-hybridized carbons (Fsp3) is 0.200. The summed E-state index contributed by atoms with van der Waals surface area (Å²) in [6.07, 6.45) is 0.852. The van der Waals surface area contributed by atoms with Crippen molar-refractivity contribution in [2.75, 3.05) is 26.1 Å². The maximum atomic E-state index is 9.44. The molecule has 0 fully saturated rings. The van der Waals surface area contributed by atoms with Crippen LogP contribution >= 0.6 is 0 Å². The normalized spacial score (nSPS) is 10.4. The third kappa shape index (κ3) is 4.42. The van der Waals surface area contributed by atoms with Crippen LogP contribution in [0.3, 0.4) is 0 Å². The van der Waals surface area contributed by atoms with Gasteiger partial charge in [-0.3, -0.25) is 0 Å². The van der Waals surface area contributed by atoms with Gasteiger partial charge in [0.1, 0.15) is 17.3 Å². The molecule has 2 N–H and O–H groups in total. The van der Waals surface area contributed by atoms with E-state index in [4.69, 9.17) is 9.47 Å². The SMILES string of the molecule is COc1ccc(CCNc2cc(-c3ccc(O)cc3)nc(OC)n2)cc1. The summed E-state index contributed by atoms with van der Waals surface area (Å²) in [5.41, 5.74) is 2.81. The number of nitrogens with zero attached hydrogens (tertiary/aromatic N) is 2. The highest BCUT2D eigenvalue weighted by Crippen LogP contribution is 2.24. The topological polar surface area (TPSA) is 76.5 Å². The first-order valence-electron chi connectivity index (χ1n) is 8.27. The quantitative estimate of drug-likeness (QED) is 0.678. The largest absolute Gasteiger partial charge is 0.508 e. The minimum atomic E-state index is 0.215. The van der Waals surface area contributed by atoms with Crippen molar-refractivity contribution >= 4 is 5.82 Å². The van der Waals surface area contributed by atoms with Crippen LogP contribution in [0, 0.1) is 0 Å². The van der Waals surface area contributed by atoms with Gasteiger partial charge in [0, 0.05) is 18.2 Å². The number of anilines is 1. The average molecular weight is 351 g/mol. The average Bonchev–Trinajstić information content (AvgIpc) is 2.69. The molecule has 0 spiro atoms. The molecule has 0 saturated heterocycles. The highest BCUT2D eigenvalue weighted by molar-refractivity contribution is 5.63.